The Hall–Kier alpha value is -2.74. The van der Waals surface area contributed by atoms with Gasteiger partial charge in [-0.25, -0.2) is 0 Å². The molecular formula is C19H12N2. The van der Waals surface area contributed by atoms with E-state index < -0.39 is 0 Å². The van der Waals surface area contributed by atoms with Crippen molar-refractivity contribution in [3.05, 3.63) is 59.7 Å². The first-order valence-electron chi connectivity index (χ1n) is 7.11. The number of nitrogens with one attached hydrogen (secondary N) is 2. The second-order valence-electron chi connectivity index (χ2n) is 5.76. The van der Waals surface area contributed by atoms with Gasteiger partial charge in [-0.1, -0.05) is 48.5 Å². The molecule has 98 valence electrons. The van der Waals surface area contributed by atoms with Gasteiger partial charge in [-0.2, -0.15) is 0 Å². The van der Waals surface area contributed by atoms with Crippen LogP contribution in [-0.2, 0) is 6.42 Å². The third-order valence-corrected chi connectivity index (χ3v) is 4.67. The Kier molecular flexibility index (Phi) is 1.81. The van der Waals surface area contributed by atoms with Crippen LogP contribution in [0.25, 0.3) is 33.0 Å². The van der Waals surface area contributed by atoms with Gasteiger partial charge in [-0.15, -0.1) is 0 Å². The van der Waals surface area contributed by atoms with Gasteiger partial charge in [0.15, 0.2) is 0 Å². The number of fused-ring (bicyclic) bond motifs is 5. The van der Waals surface area contributed by atoms with Crippen molar-refractivity contribution in [3.63, 3.8) is 0 Å². The molecule has 21 heavy (non-hydrogen) atoms. The summed E-state index contributed by atoms with van der Waals surface area (Å²) in [5, 5.41) is 18.8. The van der Waals surface area contributed by atoms with Crippen molar-refractivity contribution in [2.75, 3.05) is 0 Å². The molecule has 0 unspecified atom stereocenters. The van der Waals surface area contributed by atoms with Crippen LogP contribution < -0.4 is 0 Å². The molecule has 2 aliphatic carbocycles. The summed E-state index contributed by atoms with van der Waals surface area (Å²) in [5.41, 5.74) is 7.76. The Morgan fingerprint density at radius 2 is 1.48 bits per heavy atom. The van der Waals surface area contributed by atoms with E-state index in [0.29, 0.717) is 17.8 Å². The predicted molar refractivity (Wildman–Crippen MR) is 86.6 cm³/mol. The van der Waals surface area contributed by atoms with Crippen LogP contribution in [0.3, 0.4) is 0 Å². The van der Waals surface area contributed by atoms with Gasteiger partial charge in [-0.05, 0) is 38.6 Å². The summed E-state index contributed by atoms with van der Waals surface area (Å²) in [6.07, 6.45) is 0.591. The third-order valence-electron chi connectivity index (χ3n) is 4.67. The van der Waals surface area contributed by atoms with Crippen LogP contribution >= 0.6 is 0 Å². The zero-order valence-electron chi connectivity index (χ0n) is 11.3. The fourth-order valence-electron chi connectivity index (χ4n) is 3.79. The highest BCUT2D eigenvalue weighted by molar-refractivity contribution is 6.51. The predicted octanol–water partition coefficient (Wildman–Crippen LogP) is 4.43. The van der Waals surface area contributed by atoms with Crippen molar-refractivity contribution >= 4 is 22.2 Å². The summed E-state index contributed by atoms with van der Waals surface area (Å²) in [4.78, 5) is 0. The van der Waals surface area contributed by atoms with Gasteiger partial charge < -0.3 is 5.41 Å². The highest BCUT2D eigenvalue weighted by Crippen LogP contribution is 2.50. The molecular weight excluding hydrogens is 256 g/mol. The van der Waals surface area contributed by atoms with Crippen molar-refractivity contribution in [2.24, 2.45) is 0 Å². The molecule has 0 heterocycles. The topological polar surface area (TPSA) is 47.7 Å². The largest absolute Gasteiger partial charge is 0.303 e. The van der Waals surface area contributed by atoms with Gasteiger partial charge in [0, 0.05) is 12.0 Å². The first-order chi connectivity index (χ1) is 10.3. The highest BCUT2D eigenvalue weighted by atomic mass is 14.6. The second kappa shape index (κ2) is 3.47. The number of rotatable bonds is 0. The van der Waals surface area contributed by atoms with Crippen molar-refractivity contribution in [2.45, 2.75) is 6.42 Å². The van der Waals surface area contributed by atoms with Crippen LogP contribution in [0.4, 0.5) is 0 Å². The Bertz CT molecular complexity index is 991. The molecule has 0 saturated heterocycles. The van der Waals surface area contributed by atoms with Gasteiger partial charge in [0.2, 0.25) is 0 Å². The van der Waals surface area contributed by atoms with Crippen LogP contribution in [0, 0.1) is 10.8 Å². The number of hydrogen-bond acceptors (Lipinski definition) is 2. The van der Waals surface area contributed by atoms with Gasteiger partial charge in [0.05, 0.1) is 11.4 Å². The van der Waals surface area contributed by atoms with Crippen LogP contribution in [0.2, 0.25) is 0 Å². The molecule has 0 fully saturated rings. The summed E-state index contributed by atoms with van der Waals surface area (Å²) in [6.45, 7) is 0. The normalized spacial score (nSPS) is 14.7. The van der Waals surface area contributed by atoms with E-state index in [-0.39, 0.29) is 0 Å². The van der Waals surface area contributed by atoms with Crippen LogP contribution in [0.15, 0.2) is 48.5 Å². The summed E-state index contributed by atoms with van der Waals surface area (Å²) >= 11 is 0. The lowest BCUT2D eigenvalue weighted by Gasteiger charge is -2.08. The Morgan fingerprint density at radius 3 is 2.29 bits per heavy atom. The van der Waals surface area contributed by atoms with Crippen LogP contribution in [0.1, 0.15) is 11.1 Å². The molecule has 5 rings (SSSR count). The van der Waals surface area contributed by atoms with E-state index in [2.05, 4.69) is 48.5 Å². The molecule has 3 aromatic rings. The molecule has 0 bridgehead atoms. The maximum absolute atomic E-state index is 8.28. The van der Waals surface area contributed by atoms with Crippen molar-refractivity contribution in [1.29, 1.82) is 10.8 Å². The fraction of sp³-hybridized carbons (Fsp3) is 0.0526. The SMILES string of the molecule is N=C1Cc2ccc3c(c2C1=N)-c1cccc2cccc-3c12. The summed E-state index contributed by atoms with van der Waals surface area (Å²) in [5.74, 6) is 0. The summed E-state index contributed by atoms with van der Waals surface area (Å²) < 4.78 is 0. The lowest BCUT2D eigenvalue weighted by atomic mass is 9.94. The van der Waals surface area contributed by atoms with Crippen LogP contribution in [0.5, 0.6) is 0 Å². The molecule has 2 nitrogen and oxygen atoms in total. The minimum atomic E-state index is 0.395. The van der Waals surface area contributed by atoms with Crippen molar-refractivity contribution in [3.8, 4) is 22.3 Å². The zero-order valence-corrected chi connectivity index (χ0v) is 11.3. The molecule has 2 N–H and O–H groups in total. The maximum Gasteiger partial charge on any atom is 0.0832 e. The average Bonchev–Trinajstić information content (AvgIpc) is 2.98. The minimum Gasteiger partial charge on any atom is -0.303 e. The lowest BCUT2D eigenvalue weighted by molar-refractivity contribution is 1.34. The molecule has 3 aromatic carbocycles. The quantitative estimate of drug-likeness (QED) is 0.474. The Balaban J connectivity index is 2.00. The van der Waals surface area contributed by atoms with Gasteiger partial charge in [0.25, 0.3) is 0 Å². The van der Waals surface area contributed by atoms with Crippen LogP contribution in [-0.4, -0.2) is 11.4 Å². The molecule has 0 spiro atoms. The van der Waals surface area contributed by atoms with E-state index in [0.717, 1.165) is 16.7 Å². The van der Waals surface area contributed by atoms with Crippen molar-refractivity contribution in [1.82, 2.24) is 0 Å². The fourth-order valence-corrected chi connectivity index (χ4v) is 3.79. The molecule has 0 amide bonds. The second-order valence-corrected chi connectivity index (χ2v) is 5.76. The number of benzene rings is 3. The molecule has 0 saturated carbocycles. The molecule has 0 radical (unpaired) electrons. The minimum absolute atomic E-state index is 0.395. The average molecular weight is 268 g/mol. The summed E-state index contributed by atoms with van der Waals surface area (Å²) in [6, 6.07) is 17.0. The van der Waals surface area contributed by atoms with E-state index in [1.807, 2.05) is 0 Å². The highest BCUT2D eigenvalue weighted by Gasteiger charge is 2.31. The van der Waals surface area contributed by atoms with E-state index in [1.54, 1.807) is 0 Å². The van der Waals surface area contributed by atoms with Gasteiger partial charge in [0.1, 0.15) is 0 Å². The standard InChI is InChI=1S/C19H12N2/c20-15-9-11-7-8-13-12-5-1-3-10-4-2-6-14(16(10)12)18(13)17(11)19(15)21/h1-8,20-21H,9H2. The molecule has 0 aromatic heterocycles. The van der Waals surface area contributed by atoms with E-state index in [4.69, 9.17) is 10.8 Å². The Morgan fingerprint density at radius 1 is 0.714 bits per heavy atom. The van der Waals surface area contributed by atoms with Crippen molar-refractivity contribution < 1.29 is 0 Å². The third kappa shape index (κ3) is 1.18. The van der Waals surface area contributed by atoms with Gasteiger partial charge >= 0.3 is 0 Å². The molecule has 0 aliphatic heterocycles. The zero-order chi connectivity index (χ0) is 14.1. The molecule has 2 heteroatoms. The van der Waals surface area contributed by atoms with E-state index in [9.17, 15) is 0 Å². The monoisotopic (exact) mass is 268 g/mol. The summed E-state index contributed by atoms with van der Waals surface area (Å²) in [7, 11) is 0. The maximum atomic E-state index is 8.28. The first kappa shape index (κ1) is 11.0. The van der Waals surface area contributed by atoms with E-state index in [1.165, 1.54) is 27.5 Å². The molecule has 2 aliphatic rings. The Labute approximate surface area is 122 Å². The first-order valence-corrected chi connectivity index (χ1v) is 7.11. The lowest BCUT2D eigenvalue weighted by Crippen LogP contribution is -2.06. The number of hydrogen-bond donors (Lipinski definition) is 2. The molecule has 0 atom stereocenters. The van der Waals surface area contributed by atoms with E-state index >= 15 is 0 Å². The smallest absolute Gasteiger partial charge is 0.0832 e. The van der Waals surface area contributed by atoms with Gasteiger partial charge in [-0.3, -0.25) is 5.41 Å².